The third-order valence-electron chi connectivity index (χ3n) is 2.61. The SMILES string of the molecule is Cc1cc(F)cc(C(NN)c2scnc2C)c1. The van der Waals surface area contributed by atoms with Gasteiger partial charge in [-0.1, -0.05) is 6.07 Å². The Kier molecular flexibility index (Phi) is 3.51. The molecule has 3 nitrogen and oxygen atoms in total. The number of nitrogens with one attached hydrogen (secondary N) is 1. The van der Waals surface area contributed by atoms with E-state index >= 15 is 0 Å². The quantitative estimate of drug-likeness (QED) is 0.651. The van der Waals surface area contributed by atoms with E-state index in [9.17, 15) is 4.39 Å². The number of aryl methyl sites for hydroxylation is 2. The van der Waals surface area contributed by atoms with Gasteiger partial charge in [0.05, 0.1) is 22.1 Å². The molecule has 1 atom stereocenters. The summed E-state index contributed by atoms with van der Waals surface area (Å²) in [6.07, 6.45) is 0. The van der Waals surface area contributed by atoms with E-state index in [0.717, 1.165) is 21.7 Å². The summed E-state index contributed by atoms with van der Waals surface area (Å²) in [5.41, 5.74) is 7.10. The van der Waals surface area contributed by atoms with Crippen LogP contribution in [-0.4, -0.2) is 4.98 Å². The number of nitrogens with two attached hydrogens (primary N) is 1. The monoisotopic (exact) mass is 251 g/mol. The fourth-order valence-electron chi connectivity index (χ4n) is 1.84. The van der Waals surface area contributed by atoms with Crippen molar-refractivity contribution in [1.82, 2.24) is 10.4 Å². The molecule has 3 N–H and O–H groups in total. The van der Waals surface area contributed by atoms with Crippen molar-refractivity contribution in [3.63, 3.8) is 0 Å². The van der Waals surface area contributed by atoms with Crippen molar-refractivity contribution in [1.29, 1.82) is 0 Å². The van der Waals surface area contributed by atoms with Gasteiger partial charge in [-0.2, -0.15) is 0 Å². The van der Waals surface area contributed by atoms with Gasteiger partial charge in [0.1, 0.15) is 5.82 Å². The van der Waals surface area contributed by atoms with Gasteiger partial charge < -0.3 is 0 Å². The molecule has 0 radical (unpaired) electrons. The molecule has 17 heavy (non-hydrogen) atoms. The summed E-state index contributed by atoms with van der Waals surface area (Å²) in [6.45, 7) is 3.78. The summed E-state index contributed by atoms with van der Waals surface area (Å²) in [5, 5.41) is 0. The van der Waals surface area contributed by atoms with Crippen molar-refractivity contribution >= 4 is 11.3 Å². The molecule has 5 heteroatoms. The van der Waals surface area contributed by atoms with Crippen molar-refractivity contribution in [3.05, 3.63) is 51.2 Å². The summed E-state index contributed by atoms with van der Waals surface area (Å²) in [4.78, 5) is 5.20. The first-order valence-corrected chi connectivity index (χ1v) is 6.13. The zero-order valence-electron chi connectivity index (χ0n) is 9.70. The molecule has 1 heterocycles. The summed E-state index contributed by atoms with van der Waals surface area (Å²) in [5.74, 6) is 5.32. The van der Waals surface area contributed by atoms with E-state index in [1.807, 2.05) is 19.9 Å². The Morgan fingerprint density at radius 3 is 2.65 bits per heavy atom. The lowest BCUT2D eigenvalue weighted by molar-refractivity contribution is 0.606. The fraction of sp³-hybridized carbons (Fsp3) is 0.250. The number of aromatic nitrogens is 1. The Morgan fingerprint density at radius 2 is 2.12 bits per heavy atom. The maximum absolute atomic E-state index is 13.4. The Morgan fingerprint density at radius 1 is 1.35 bits per heavy atom. The highest BCUT2D eigenvalue weighted by atomic mass is 32.1. The molecule has 2 aromatic rings. The molecule has 1 aromatic carbocycles. The van der Waals surface area contributed by atoms with Crippen molar-refractivity contribution in [2.45, 2.75) is 19.9 Å². The van der Waals surface area contributed by atoms with E-state index < -0.39 is 0 Å². The zero-order chi connectivity index (χ0) is 12.4. The number of halogens is 1. The molecule has 0 aliphatic carbocycles. The van der Waals surface area contributed by atoms with Gasteiger partial charge in [0.15, 0.2) is 0 Å². The third kappa shape index (κ3) is 2.52. The molecule has 90 valence electrons. The van der Waals surface area contributed by atoms with Crippen molar-refractivity contribution < 1.29 is 4.39 Å². The van der Waals surface area contributed by atoms with Crippen LogP contribution in [0.1, 0.15) is 27.7 Å². The van der Waals surface area contributed by atoms with Gasteiger partial charge in [-0.3, -0.25) is 5.84 Å². The molecule has 0 aliphatic rings. The van der Waals surface area contributed by atoms with Gasteiger partial charge in [-0.25, -0.2) is 14.8 Å². The van der Waals surface area contributed by atoms with Gasteiger partial charge >= 0.3 is 0 Å². The van der Waals surface area contributed by atoms with Gasteiger partial charge in [-0.15, -0.1) is 11.3 Å². The van der Waals surface area contributed by atoms with Crippen molar-refractivity contribution in [3.8, 4) is 0 Å². The number of nitrogens with zero attached hydrogens (tertiary/aromatic N) is 1. The average Bonchev–Trinajstić information content (AvgIpc) is 2.65. The van der Waals surface area contributed by atoms with Crippen LogP contribution >= 0.6 is 11.3 Å². The molecule has 0 saturated heterocycles. The molecular formula is C12H14FN3S. The number of hydrazine groups is 1. The van der Waals surface area contributed by atoms with Crippen LogP contribution in [0.15, 0.2) is 23.7 Å². The maximum Gasteiger partial charge on any atom is 0.123 e. The van der Waals surface area contributed by atoms with Crippen LogP contribution in [0.2, 0.25) is 0 Å². The van der Waals surface area contributed by atoms with Crippen LogP contribution in [0.4, 0.5) is 4.39 Å². The lowest BCUT2D eigenvalue weighted by atomic mass is 10.0. The molecular weight excluding hydrogens is 237 g/mol. The molecule has 1 unspecified atom stereocenters. The van der Waals surface area contributed by atoms with Crippen LogP contribution < -0.4 is 11.3 Å². The number of rotatable bonds is 3. The van der Waals surface area contributed by atoms with Gasteiger partial charge in [0.25, 0.3) is 0 Å². The minimum Gasteiger partial charge on any atom is -0.271 e. The van der Waals surface area contributed by atoms with Crippen LogP contribution in [0.25, 0.3) is 0 Å². The molecule has 0 saturated carbocycles. The van der Waals surface area contributed by atoms with Crippen molar-refractivity contribution in [2.24, 2.45) is 5.84 Å². The second kappa shape index (κ2) is 4.91. The number of hydrogen-bond donors (Lipinski definition) is 2. The lowest BCUT2D eigenvalue weighted by Gasteiger charge is -2.16. The summed E-state index contributed by atoms with van der Waals surface area (Å²) >= 11 is 1.51. The fourth-order valence-corrected chi connectivity index (χ4v) is 2.73. The van der Waals surface area contributed by atoms with Gasteiger partial charge in [0, 0.05) is 0 Å². The first-order chi connectivity index (χ1) is 8.11. The zero-order valence-corrected chi connectivity index (χ0v) is 10.5. The number of thiazole rings is 1. The van der Waals surface area contributed by atoms with Crippen LogP contribution in [0.3, 0.4) is 0 Å². The van der Waals surface area contributed by atoms with E-state index in [0.29, 0.717) is 0 Å². The maximum atomic E-state index is 13.4. The Balaban J connectivity index is 2.45. The second-order valence-electron chi connectivity index (χ2n) is 3.96. The van der Waals surface area contributed by atoms with Gasteiger partial charge in [0.2, 0.25) is 0 Å². The minimum absolute atomic E-state index is 0.211. The molecule has 0 amide bonds. The summed E-state index contributed by atoms with van der Waals surface area (Å²) < 4.78 is 13.4. The van der Waals surface area contributed by atoms with E-state index in [1.54, 1.807) is 5.51 Å². The largest absolute Gasteiger partial charge is 0.271 e. The topological polar surface area (TPSA) is 50.9 Å². The average molecular weight is 251 g/mol. The van der Waals surface area contributed by atoms with E-state index in [4.69, 9.17) is 5.84 Å². The van der Waals surface area contributed by atoms with Gasteiger partial charge in [-0.05, 0) is 37.1 Å². The Hall–Kier alpha value is -1.30. The highest BCUT2D eigenvalue weighted by molar-refractivity contribution is 7.09. The van der Waals surface area contributed by atoms with E-state index in [1.165, 1.54) is 23.5 Å². The predicted octanol–water partition coefficient (Wildman–Crippen LogP) is 2.45. The van der Waals surface area contributed by atoms with E-state index in [2.05, 4.69) is 10.4 Å². The predicted molar refractivity (Wildman–Crippen MR) is 67.2 cm³/mol. The molecule has 2 rings (SSSR count). The third-order valence-corrected chi connectivity index (χ3v) is 3.61. The molecule has 0 spiro atoms. The Bertz CT molecular complexity index is 504. The molecule has 1 aromatic heterocycles. The van der Waals surface area contributed by atoms with Crippen LogP contribution in [0, 0.1) is 19.7 Å². The molecule has 0 bridgehead atoms. The normalized spacial score (nSPS) is 12.7. The highest BCUT2D eigenvalue weighted by Gasteiger charge is 2.17. The number of benzene rings is 1. The first kappa shape index (κ1) is 12.2. The molecule has 0 aliphatic heterocycles. The second-order valence-corrected chi connectivity index (χ2v) is 4.85. The first-order valence-electron chi connectivity index (χ1n) is 5.25. The standard InChI is InChI=1S/C12H14FN3S/c1-7-3-9(5-10(13)4-7)11(16-14)12-8(2)15-6-17-12/h3-6,11,16H,14H2,1-2H3. The summed E-state index contributed by atoms with van der Waals surface area (Å²) in [7, 11) is 0. The van der Waals surface area contributed by atoms with Crippen molar-refractivity contribution in [2.75, 3.05) is 0 Å². The lowest BCUT2D eigenvalue weighted by Crippen LogP contribution is -2.28. The van der Waals surface area contributed by atoms with Crippen LogP contribution in [-0.2, 0) is 0 Å². The Labute approximate surface area is 103 Å². The number of hydrogen-bond acceptors (Lipinski definition) is 4. The minimum atomic E-state index is -0.248. The van der Waals surface area contributed by atoms with Crippen LogP contribution in [0.5, 0.6) is 0 Å². The van der Waals surface area contributed by atoms with E-state index in [-0.39, 0.29) is 11.9 Å². The smallest absolute Gasteiger partial charge is 0.123 e. The highest BCUT2D eigenvalue weighted by Crippen LogP contribution is 2.28. The molecule has 0 fully saturated rings. The summed E-state index contributed by atoms with van der Waals surface area (Å²) in [6, 6.07) is 4.71.